The molecule has 0 atom stereocenters. The van der Waals surface area contributed by atoms with Crippen LogP contribution in [-0.4, -0.2) is 43.7 Å². The van der Waals surface area contributed by atoms with Crippen LogP contribution in [0.4, 0.5) is 0 Å². The average Bonchev–Trinajstić information content (AvgIpc) is 2.71. The van der Waals surface area contributed by atoms with Gasteiger partial charge in [0.05, 0.1) is 6.61 Å². The summed E-state index contributed by atoms with van der Waals surface area (Å²) in [6.07, 6.45) is 2.07. The van der Waals surface area contributed by atoms with Gasteiger partial charge in [0, 0.05) is 6.61 Å². The van der Waals surface area contributed by atoms with Gasteiger partial charge in [0.15, 0.2) is 5.71 Å². The molecule has 1 aromatic rings. The standard InChI is InChI=1S/C24H33NO5/c1-7-29-11-10-19-8-9-22(18(5)17(19)4)30-14-20-12-15(2)16(3)13-21(20)23(24(26)27)25-28-6/h8-9H,7,10-14H2,1-6H3,(H,26,27). The normalized spacial score (nSPS) is 14.9. The van der Waals surface area contributed by atoms with Crippen LogP contribution in [0.25, 0.3) is 0 Å². The van der Waals surface area contributed by atoms with Crippen molar-refractivity contribution in [3.05, 3.63) is 51.1 Å². The van der Waals surface area contributed by atoms with E-state index in [-0.39, 0.29) is 5.71 Å². The van der Waals surface area contributed by atoms with Crippen molar-refractivity contribution in [3.8, 4) is 5.75 Å². The highest BCUT2D eigenvalue weighted by Crippen LogP contribution is 2.32. The molecular weight excluding hydrogens is 382 g/mol. The monoisotopic (exact) mass is 415 g/mol. The van der Waals surface area contributed by atoms with Crippen molar-refractivity contribution >= 4 is 11.7 Å². The van der Waals surface area contributed by atoms with E-state index in [2.05, 4.69) is 32.0 Å². The molecule has 0 spiro atoms. The number of hydrogen-bond donors (Lipinski definition) is 1. The van der Waals surface area contributed by atoms with Crippen LogP contribution in [0, 0.1) is 13.8 Å². The Morgan fingerprint density at radius 1 is 1.10 bits per heavy atom. The SMILES string of the molecule is CCOCCc1ccc(OCC2=C(C(=NOC)C(=O)O)CC(C)=C(C)C2)c(C)c1C. The summed E-state index contributed by atoms with van der Waals surface area (Å²) in [5, 5.41) is 13.4. The fourth-order valence-corrected chi connectivity index (χ4v) is 3.59. The average molecular weight is 416 g/mol. The molecule has 164 valence electrons. The zero-order chi connectivity index (χ0) is 22.3. The maximum absolute atomic E-state index is 11.7. The van der Waals surface area contributed by atoms with Crippen LogP contribution in [0.5, 0.6) is 5.75 Å². The minimum atomic E-state index is -1.10. The first kappa shape index (κ1) is 23.7. The highest BCUT2D eigenvalue weighted by molar-refractivity contribution is 6.42. The Labute approximate surface area is 179 Å². The molecule has 6 heteroatoms. The van der Waals surface area contributed by atoms with Crippen LogP contribution in [-0.2, 0) is 20.8 Å². The Kier molecular flexibility index (Phi) is 8.66. The van der Waals surface area contributed by atoms with Crippen molar-refractivity contribution in [1.29, 1.82) is 0 Å². The Morgan fingerprint density at radius 2 is 1.80 bits per heavy atom. The fourth-order valence-electron chi connectivity index (χ4n) is 3.59. The van der Waals surface area contributed by atoms with Gasteiger partial charge in [0.2, 0.25) is 0 Å². The molecule has 2 rings (SSSR count). The number of benzene rings is 1. The number of rotatable bonds is 10. The van der Waals surface area contributed by atoms with Crippen LogP contribution >= 0.6 is 0 Å². The Bertz CT molecular complexity index is 880. The smallest absolute Gasteiger partial charge is 0.358 e. The predicted molar refractivity (Wildman–Crippen MR) is 118 cm³/mol. The summed E-state index contributed by atoms with van der Waals surface area (Å²) in [6, 6.07) is 4.07. The maximum Gasteiger partial charge on any atom is 0.358 e. The van der Waals surface area contributed by atoms with Gasteiger partial charge in [-0.25, -0.2) is 4.79 Å². The molecule has 0 saturated heterocycles. The van der Waals surface area contributed by atoms with Gasteiger partial charge in [-0.1, -0.05) is 22.4 Å². The van der Waals surface area contributed by atoms with Crippen molar-refractivity contribution < 1.29 is 24.2 Å². The lowest BCUT2D eigenvalue weighted by atomic mass is 9.85. The van der Waals surface area contributed by atoms with Gasteiger partial charge in [-0.05, 0) is 87.8 Å². The summed E-state index contributed by atoms with van der Waals surface area (Å²) in [4.78, 5) is 16.5. The number of carbonyl (C=O) groups is 1. The molecule has 0 radical (unpaired) electrons. The van der Waals surface area contributed by atoms with Crippen LogP contribution in [0.1, 0.15) is 50.3 Å². The van der Waals surface area contributed by atoms with Gasteiger partial charge in [-0.2, -0.15) is 0 Å². The summed E-state index contributed by atoms with van der Waals surface area (Å²) in [7, 11) is 1.36. The number of carboxylic acids is 1. The first-order chi connectivity index (χ1) is 14.3. The zero-order valence-electron chi connectivity index (χ0n) is 18.9. The number of oxime groups is 1. The van der Waals surface area contributed by atoms with E-state index >= 15 is 0 Å². The molecular formula is C24H33NO5. The van der Waals surface area contributed by atoms with Crippen LogP contribution in [0.15, 0.2) is 39.6 Å². The lowest BCUT2D eigenvalue weighted by molar-refractivity contribution is -0.129. The third-order valence-electron chi connectivity index (χ3n) is 5.72. The zero-order valence-corrected chi connectivity index (χ0v) is 18.9. The molecule has 1 aromatic carbocycles. The van der Waals surface area contributed by atoms with E-state index in [0.29, 0.717) is 38.2 Å². The summed E-state index contributed by atoms with van der Waals surface area (Å²) in [5.41, 5.74) is 7.48. The Balaban J connectivity index is 2.26. The quantitative estimate of drug-likeness (QED) is 0.258. The molecule has 30 heavy (non-hydrogen) atoms. The number of nitrogens with zero attached hydrogens (tertiary/aromatic N) is 1. The highest BCUT2D eigenvalue weighted by atomic mass is 16.6. The molecule has 1 aliphatic carbocycles. The molecule has 0 aromatic heterocycles. The highest BCUT2D eigenvalue weighted by Gasteiger charge is 2.25. The summed E-state index contributed by atoms with van der Waals surface area (Å²) < 4.78 is 11.6. The van der Waals surface area contributed by atoms with E-state index in [1.165, 1.54) is 23.8 Å². The van der Waals surface area contributed by atoms with Crippen molar-refractivity contribution in [3.63, 3.8) is 0 Å². The summed E-state index contributed by atoms with van der Waals surface area (Å²) >= 11 is 0. The number of aliphatic carboxylic acids is 1. The van der Waals surface area contributed by atoms with Crippen molar-refractivity contribution in [2.75, 3.05) is 26.9 Å². The lowest BCUT2D eigenvalue weighted by Crippen LogP contribution is -2.22. The fraction of sp³-hybridized carbons (Fsp3) is 0.500. The van der Waals surface area contributed by atoms with Crippen LogP contribution in [0.3, 0.4) is 0 Å². The second kappa shape index (κ2) is 11.0. The molecule has 1 N–H and O–H groups in total. The van der Waals surface area contributed by atoms with E-state index in [9.17, 15) is 9.90 Å². The lowest BCUT2D eigenvalue weighted by Gasteiger charge is -2.23. The minimum absolute atomic E-state index is 0.0536. The number of allylic oxidation sites excluding steroid dienone is 2. The molecule has 0 fully saturated rings. The topological polar surface area (TPSA) is 77.3 Å². The molecule has 0 amide bonds. The maximum atomic E-state index is 11.7. The van der Waals surface area contributed by atoms with Crippen molar-refractivity contribution in [2.24, 2.45) is 5.16 Å². The summed E-state index contributed by atoms with van der Waals surface area (Å²) in [6.45, 7) is 12.0. The number of hydrogen-bond acceptors (Lipinski definition) is 5. The first-order valence-corrected chi connectivity index (χ1v) is 10.3. The Morgan fingerprint density at radius 3 is 2.43 bits per heavy atom. The van der Waals surface area contributed by atoms with E-state index in [0.717, 1.165) is 28.9 Å². The van der Waals surface area contributed by atoms with E-state index in [4.69, 9.17) is 14.3 Å². The van der Waals surface area contributed by atoms with Crippen molar-refractivity contribution in [2.45, 2.75) is 53.9 Å². The molecule has 0 saturated carbocycles. The predicted octanol–water partition coefficient (Wildman–Crippen LogP) is 4.78. The largest absolute Gasteiger partial charge is 0.489 e. The van der Waals surface area contributed by atoms with Gasteiger partial charge < -0.3 is 19.4 Å². The van der Waals surface area contributed by atoms with Gasteiger partial charge in [0.1, 0.15) is 19.5 Å². The summed E-state index contributed by atoms with van der Waals surface area (Å²) in [5.74, 6) is -0.286. The minimum Gasteiger partial charge on any atom is -0.489 e. The second-order valence-corrected chi connectivity index (χ2v) is 7.63. The number of ether oxygens (including phenoxy) is 2. The van der Waals surface area contributed by atoms with Gasteiger partial charge in [0.25, 0.3) is 0 Å². The third-order valence-corrected chi connectivity index (χ3v) is 5.72. The molecule has 1 aliphatic rings. The van der Waals surface area contributed by atoms with Gasteiger partial charge in [-0.15, -0.1) is 0 Å². The van der Waals surface area contributed by atoms with Gasteiger partial charge in [-0.3, -0.25) is 0 Å². The molecule has 0 unspecified atom stereocenters. The first-order valence-electron chi connectivity index (χ1n) is 10.3. The van der Waals surface area contributed by atoms with Crippen LogP contribution < -0.4 is 4.74 Å². The van der Waals surface area contributed by atoms with E-state index < -0.39 is 5.97 Å². The van der Waals surface area contributed by atoms with E-state index in [1.54, 1.807) is 0 Å². The van der Waals surface area contributed by atoms with Gasteiger partial charge >= 0.3 is 5.97 Å². The number of carboxylic acid groups (broad SMARTS) is 1. The van der Waals surface area contributed by atoms with Crippen LogP contribution in [0.2, 0.25) is 0 Å². The third kappa shape index (κ3) is 5.72. The molecule has 6 nitrogen and oxygen atoms in total. The van der Waals surface area contributed by atoms with Crippen molar-refractivity contribution in [1.82, 2.24) is 0 Å². The van der Waals surface area contributed by atoms with E-state index in [1.807, 2.05) is 19.9 Å². The Hall–Kier alpha value is -2.60. The molecule has 0 aliphatic heterocycles. The molecule has 0 heterocycles. The molecule has 0 bridgehead atoms. The second-order valence-electron chi connectivity index (χ2n) is 7.63.